The molecule has 0 saturated carbocycles. The van der Waals surface area contributed by atoms with Crippen LogP contribution in [-0.4, -0.2) is 17.5 Å². The minimum Gasteiger partial charge on any atom is -0.314 e. The Morgan fingerprint density at radius 2 is 2.17 bits per heavy atom. The summed E-state index contributed by atoms with van der Waals surface area (Å²) in [5.41, 5.74) is 1.14. The molecule has 0 aromatic heterocycles. The molecule has 0 aliphatic heterocycles. The Hall–Kier alpha value is -0.940. The molecule has 1 unspecified atom stereocenters. The van der Waals surface area contributed by atoms with Crippen molar-refractivity contribution >= 4 is 21.6 Å². The van der Waals surface area contributed by atoms with Gasteiger partial charge in [0.05, 0.1) is 9.40 Å². The smallest absolute Gasteiger partial charge is 0.283 e. The van der Waals surface area contributed by atoms with Gasteiger partial charge in [0.15, 0.2) is 0 Å². The van der Waals surface area contributed by atoms with Crippen LogP contribution >= 0.6 is 15.9 Å². The van der Waals surface area contributed by atoms with Gasteiger partial charge in [0.2, 0.25) is 0 Å². The van der Waals surface area contributed by atoms with Gasteiger partial charge < -0.3 is 5.32 Å². The first-order chi connectivity index (χ1) is 8.60. The molecule has 100 valence electrons. The predicted octanol–water partition coefficient (Wildman–Crippen LogP) is 3.68. The Bertz CT molecular complexity index is 410. The molecule has 0 spiro atoms. The van der Waals surface area contributed by atoms with Crippen LogP contribution in [0.2, 0.25) is 0 Å². The average molecular weight is 315 g/mol. The second kappa shape index (κ2) is 7.48. The van der Waals surface area contributed by atoms with Gasteiger partial charge in [0, 0.05) is 12.1 Å². The molecule has 0 fully saturated rings. The Morgan fingerprint density at radius 1 is 1.44 bits per heavy atom. The lowest BCUT2D eigenvalue weighted by molar-refractivity contribution is -0.385. The highest BCUT2D eigenvalue weighted by molar-refractivity contribution is 9.10. The van der Waals surface area contributed by atoms with Crippen molar-refractivity contribution in [2.24, 2.45) is 0 Å². The minimum absolute atomic E-state index is 0.143. The van der Waals surface area contributed by atoms with Gasteiger partial charge in [-0.05, 0) is 47.3 Å². The van der Waals surface area contributed by atoms with Crippen LogP contribution in [0.25, 0.3) is 0 Å². The summed E-state index contributed by atoms with van der Waals surface area (Å²) in [5, 5.41) is 14.2. The second-order valence-electron chi connectivity index (χ2n) is 4.21. The van der Waals surface area contributed by atoms with Gasteiger partial charge in [-0.3, -0.25) is 10.1 Å². The summed E-state index contributed by atoms with van der Waals surface area (Å²) < 4.78 is 0.612. The quantitative estimate of drug-likeness (QED) is 0.617. The summed E-state index contributed by atoms with van der Waals surface area (Å²) in [6, 6.07) is 5.68. The van der Waals surface area contributed by atoms with E-state index >= 15 is 0 Å². The SMILES string of the molecule is CCNC(CC)CCc1cccc([N+](=O)[O-])c1Br. The van der Waals surface area contributed by atoms with E-state index in [-0.39, 0.29) is 10.6 Å². The molecular formula is C13H19BrN2O2. The van der Waals surface area contributed by atoms with Crippen molar-refractivity contribution in [2.45, 2.75) is 39.2 Å². The summed E-state index contributed by atoms with van der Waals surface area (Å²) in [5.74, 6) is 0. The zero-order chi connectivity index (χ0) is 13.5. The van der Waals surface area contributed by atoms with E-state index in [4.69, 9.17) is 0 Å². The molecule has 0 amide bonds. The number of halogens is 1. The molecule has 1 N–H and O–H groups in total. The molecular weight excluding hydrogens is 296 g/mol. The first kappa shape index (κ1) is 15.1. The molecule has 0 radical (unpaired) electrons. The fraction of sp³-hybridized carbons (Fsp3) is 0.538. The van der Waals surface area contributed by atoms with Crippen LogP contribution in [0, 0.1) is 10.1 Å². The zero-order valence-electron chi connectivity index (χ0n) is 10.8. The molecule has 1 atom stereocenters. The number of rotatable bonds is 7. The Labute approximate surface area is 116 Å². The highest BCUT2D eigenvalue weighted by Crippen LogP contribution is 2.29. The molecule has 0 heterocycles. The van der Waals surface area contributed by atoms with E-state index in [2.05, 4.69) is 35.1 Å². The number of benzene rings is 1. The summed E-state index contributed by atoms with van der Waals surface area (Å²) >= 11 is 3.33. The van der Waals surface area contributed by atoms with E-state index in [0.717, 1.165) is 31.4 Å². The predicted molar refractivity (Wildman–Crippen MR) is 76.9 cm³/mol. The Morgan fingerprint density at radius 3 is 2.72 bits per heavy atom. The summed E-state index contributed by atoms with van der Waals surface area (Å²) in [6.45, 7) is 5.19. The number of nitrogens with zero attached hydrogens (tertiary/aromatic N) is 1. The third kappa shape index (κ3) is 4.07. The third-order valence-corrected chi connectivity index (χ3v) is 3.92. The van der Waals surface area contributed by atoms with Crippen molar-refractivity contribution < 1.29 is 4.92 Å². The van der Waals surface area contributed by atoms with Crippen LogP contribution < -0.4 is 5.32 Å². The largest absolute Gasteiger partial charge is 0.314 e. The number of hydrogen-bond acceptors (Lipinski definition) is 3. The van der Waals surface area contributed by atoms with Crippen molar-refractivity contribution in [1.29, 1.82) is 0 Å². The summed E-state index contributed by atoms with van der Waals surface area (Å²) in [7, 11) is 0. The van der Waals surface area contributed by atoms with Crippen molar-refractivity contribution in [2.75, 3.05) is 6.54 Å². The highest BCUT2D eigenvalue weighted by Gasteiger charge is 2.15. The number of nitro benzene ring substituents is 1. The zero-order valence-corrected chi connectivity index (χ0v) is 12.4. The van der Waals surface area contributed by atoms with Crippen LogP contribution in [0.3, 0.4) is 0 Å². The fourth-order valence-corrected chi connectivity index (χ4v) is 2.58. The monoisotopic (exact) mass is 314 g/mol. The summed E-state index contributed by atoms with van der Waals surface area (Å²) in [4.78, 5) is 10.5. The lowest BCUT2D eigenvalue weighted by Crippen LogP contribution is -2.28. The van der Waals surface area contributed by atoms with E-state index in [1.165, 1.54) is 6.07 Å². The highest BCUT2D eigenvalue weighted by atomic mass is 79.9. The second-order valence-corrected chi connectivity index (χ2v) is 5.00. The lowest BCUT2D eigenvalue weighted by Gasteiger charge is -2.15. The molecule has 1 aromatic carbocycles. The van der Waals surface area contributed by atoms with Gasteiger partial charge in [-0.15, -0.1) is 0 Å². The molecule has 4 nitrogen and oxygen atoms in total. The van der Waals surface area contributed by atoms with E-state index in [0.29, 0.717) is 10.5 Å². The van der Waals surface area contributed by atoms with Crippen LogP contribution in [0.4, 0.5) is 5.69 Å². The normalized spacial score (nSPS) is 12.4. The molecule has 0 bridgehead atoms. The molecule has 18 heavy (non-hydrogen) atoms. The summed E-state index contributed by atoms with van der Waals surface area (Å²) in [6.07, 6.45) is 2.90. The maximum atomic E-state index is 10.8. The maximum absolute atomic E-state index is 10.8. The van der Waals surface area contributed by atoms with Crippen LogP contribution in [0.1, 0.15) is 32.3 Å². The minimum atomic E-state index is -0.352. The topological polar surface area (TPSA) is 55.2 Å². The maximum Gasteiger partial charge on any atom is 0.283 e. The van der Waals surface area contributed by atoms with E-state index in [1.807, 2.05) is 6.07 Å². The van der Waals surface area contributed by atoms with Gasteiger partial charge in [0.1, 0.15) is 0 Å². The number of nitro groups is 1. The van der Waals surface area contributed by atoms with Crippen LogP contribution in [0.5, 0.6) is 0 Å². The van der Waals surface area contributed by atoms with Crippen molar-refractivity contribution in [3.05, 3.63) is 38.3 Å². The lowest BCUT2D eigenvalue weighted by atomic mass is 10.0. The first-order valence-electron chi connectivity index (χ1n) is 6.25. The van der Waals surface area contributed by atoms with Gasteiger partial charge in [-0.1, -0.05) is 26.0 Å². The standard InChI is InChI=1S/C13H19BrN2O2/c1-3-11(15-4-2)9-8-10-6-5-7-12(13(10)14)16(17)18/h5-7,11,15H,3-4,8-9H2,1-2H3. The van der Waals surface area contributed by atoms with E-state index in [9.17, 15) is 10.1 Å². The fourth-order valence-electron chi connectivity index (χ4n) is 1.97. The Kier molecular flexibility index (Phi) is 6.29. The van der Waals surface area contributed by atoms with Crippen molar-refractivity contribution in [3.63, 3.8) is 0 Å². The van der Waals surface area contributed by atoms with Gasteiger partial charge in [-0.25, -0.2) is 0 Å². The Balaban J connectivity index is 2.73. The number of hydrogen-bond donors (Lipinski definition) is 1. The van der Waals surface area contributed by atoms with Gasteiger partial charge in [-0.2, -0.15) is 0 Å². The van der Waals surface area contributed by atoms with Crippen LogP contribution in [-0.2, 0) is 6.42 Å². The van der Waals surface area contributed by atoms with Gasteiger partial charge in [0.25, 0.3) is 5.69 Å². The number of nitrogens with one attached hydrogen (secondary N) is 1. The van der Waals surface area contributed by atoms with E-state index < -0.39 is 0 Å². The molecule has 0 aliphatic carbocycles. The molecule has 1 rings (SSSR count). The van der Waals surface area contributed by atoms with Crippen molar-refractivity contribution in [3.8, 4) is 0 Å². The number of aryl methyl sites for hydroxylation is 1. The molecule has 5 heteroatoms. The van der Waals surface area contributed by atoms with Gasteiger partial charge >= 0.3 is 0 Å². The van der Waals surface area contributed by atoms with E-state index in [1.54, 1.807) is 6.07 Å². The third-order valence-electron chi connectivity index (χ3n) is 3.00. The van der Waals surface area contributed by atoms with Crippen LogP contribution in [0.15, 0.2) is 22.7 Å². The average Bonchev–Trinajstić information content (AvgIpc) is 2.35. The first-order valence-corrected chi connectivity index (χ1v) is 7.04. The van der Waals surface area contributed by atoms with Crippen molar-refractivity contribution in [1.82, 2.24) is 5.32 Å². The molecule has 0 aliphatic rings. The molecule has 0 saturated heterocycles. The molecule has 1 aromatic rings.